The van der Waals surface area contributed by atoms with Crippen LogP contribution in [-0.4, -0.2) is 31.4 Å². The molecule has 0 aliphatic heterocycles. The molecule has 0 heterocycles. The van der Waals surface area contributed by atoms with Crippen molar-refractivity contribution in [1.29, 1.82) is 0 Å². The molecule has 2 N–H and O–H groups in total. The quantitative estimate of drug-likeness (QED) is 0.804. The number of carbonyl (C=O) groups is 1. The first-order valence-electron chi connectivity index (χ1n) is 8.12. The van der Waals surface area contributed by atoms with Crippen LogP contribution >= 0.6 is 0 Å². The molecule has 0 fully saturated rings. The summed E-state index contributed by atoms with van der Waals surface area (Å²) in [7, 11) is 1.66. The van der Waals surface area contributed by atoms with Gasteiger partial charge in [-0.15, -0.1) is 0 Å². The third kappa shape index (κ3) is 7.37. The van der Waals surface area contributed by atoms with Crippen molar-refractivity contribution in [1.82, 2.24) is 10.6 Å². The molecule has 23 heavy (non-hydrogen) atoms. The Kier molecular flexibility index (Phi) is 7.36. The van der Waals surface area contributed by atoms with Crippen molar-refractivity contribution >= 4 is 6.09 Å². The molecular formula is C18H30N2O3. The van der Waals surface area contributed by atoms with Gasteiger partial charge in [-0.05, 0) is 51.8 Å². The summed E-state index contributed by atoms with van der Waals surface area (Å²) in [5.41, 5.74) is 0.699. The number of ether oxygens (including phenoxy) is 2. The molecule has 1 aromatic carbocycles. The molecule has 2 atom stereocenters. The van der Waals surface area contributed by atoms with E-state index in [0.29, 0.717) is 6.54 Å². The zero-order valence-electron chi connectivity index (χ0n) is 15.1. The number of alkyl carbamates (subject to hydrolysis) is 1. The summed E-state index contributed by atoms with van der Waals surface area (Å²) in [4.78, 5) is 11.8. The van der Waals surface area contributed by atoms with Crippen LogP contribution in [0, 0.1) is 0 Å². The van der Waals surface area contributed by atoms with E-state index in [2.05, 4.69) is 17.6 Å². The highest BCUT2D eigenvalue weighted by Gasteiger charge is 2.19. The molecule has 0 spiro atoms. The topological polar surface area (TPSA) is 59.6 Å². The number of benzene rings is 1. The van der Waals surface area contributed by atoms with Crippen LogP contribution in [0.1, 0.15) is 52.6 Å². The van der Waals surface area contributed by atoms with Crippen molar-refractivity contribution in [2.24, 2.45) is 0 Å². The van der Waals surface area contributed by atoms with Gasteiger partial charge < -0.3 is 20.1 Å². The first-order valence-corrected chi connectivity index (χ1v) is 8.12. The molecule has 0 saturated heterocycles. The molecule has 1 rings (SSSR count). The summed E-state index contributed by atoms with van der Waals surface area (Å²) >= 11 is 0. The van der Waals surface area contributed by atoms with Gasteiger partial charge in [0.25, 0.3) is 0 Å². The number of hydrogen-bond donors (Lipinski definition) is 2. The Balaban J connectivity index is 2.47. The van der Waals surface area contributed by atoms with E-state index in [1.807, 2.05) is 52.0 Å². The lowest BCUT2D eigenvalue weighted by atomic mass is 10.1. The van der Waals surface area contributed by atoms with E-state index in [4.69, 9.17) is 9.47 Å². The monoisotopic (exact) mass is 322 g/mol. The van der Waals surface area contributed by atoms with E-state index in [1.54, 1.807) is 7.11 Å². The minimum absolute atomic E-state index is 0.0329. The van der Waals surface area contributed by atoms with Gasteiger partial charge in [-0.2, -0.15) is 0 Å². The number of carbonyl (C=O) groups excluding carboxylic acids is 1. The lowest BCUT2D eigenvalue weighted by Crippen LogP contribution is -2.44. The van der Waals surface area contributed by atoms with Crippen LogP contribution < -0.4 is 15.4 Å². The fraction of sp³-hybridized carbons (Fsp3) is 0.611. The van der Waals surface area contributed by atoms with Gasteiger partial charge in [0.1, 0.15) is 11.4 Å². The minimum Gasteiger partial charge on any atom is -0.497 e. The van der Waals surface area contributed by atoms with Crippen molar-refractivity contribution in [3.63, 3.8) is 0 Å². The summed E-state index contributed by atoms with van der Waals surface area (Å²) in [6.07, 6.45) is 0.463. The Labute approximate surface area is 139 Å². The van der Waals surface area contributed by atoms with E-state index in [1.165, 1.54) is 5.56 Å². The summed E-state index contributed by atoms with van der Waals surface area (Å²) < 4.78 is 10.5. The van der Waals surface area contributed by atoms with Crippen LogP contribution in [0.5, 0.6) is 5.75 Å². The molecule has 0 aromatic heterocycles. The maximum absolute atomic E-state index is 11.8. The highest BCUT2D eigenvalue weighted by Crippen LogP contribution is 2.17. The molecule has 0 radical (unpaired) electrons. The molecule has 5 heteroatoms. The fourth-order valence-electron chi connectivity index (χ4n) is 2.10. The maximum Gasteiger partial charge on any atom is 0.407 e. The van der Waals surface area contributed by atoms with Crippen molar-refractivity contribution in [2.45, 2.75) is 58.7 Å². The molecular weight excluding hydrogens is 292 g/mol. The van der Waals surface area contributed by atoms with Crippen molar-refractivity contribution in [2.75, 3.05) is 13.7 Å². The third-order valence-electron chi connectivity index (χ3n) is 3.50. The molecule has 0 bridgehead atoms. The zero-order chi connectivity index (χ0) is 17.5. The lowest BCUT2D eigenvalue weighted by Gasteiger charge is -2.24. The highest BCUT2D eigenvalue weighted by atomic mass is 16.6. The molecule has 2 unspecified atom stereocenters. The van der Waals surface area contributed by atoms with Gasteiger partial charge in [-0.1, -0.05) is 19.1 Å². The van der Waals surface area contributed by atoms with E-state index < -0.39 is 5.60 Å². The van der Waals surface area contributed by atoms with Crippen LogP contribution in [0.3, 0.4) is 0 Å². The Bertz CT molecular complexity index is 480. The molecule has 0 aliphatic carbocycles. The second-order valence-electron chi connectivity index (χ2n) is 6.65. The van der Waals surface area contributed by atoms with Crippen molar-refractivity contribution in [3.05, 3.63) is 29.8 Å². The normalized spacial score (nSPS) is 14.0. The first kappa shape index (κ1) is 19.3. The van der Waals surface area contributed by atoms with E-state index in [0.717, 1.165) is 12.2 Å². The Morgan fingerprint density at radius 2 is 1.83 bits per heavy atom. The van der Waals surface area contributed by atoms with Crippen LogP contribution in [0.2, 0.25) is 0 Å². The predicted octanol–water partition coefficient (Wildman–Crippen LogP) is 3.65. The molecule has 0 aliphatic rings. The maximum atomic E-state index is 11.8. The number of hydrogen-bond acceptors (Lipinski definition) is 4. The van der Waals surface area contributed by atoms with Gasteiger partial charge in [0, 0.05) is 18.6 Å². The number of methoxy groups -OCH3 is 1. The standard InChI is InChI=1S/C18H30N2O3/c1-7-15(20-17(21)23-18(3,4)5)12-19-13(2)14-8-10-16(22-6)11-9-14/h8-11,13,15,19H,7,12H2,1-6H3,(H,20,21). The van der Waals surface area contributed by atoms with Crippen molar-refractivity contribution < 1.29 is 14.3 Å². The molecule has 5 nitrogen and oxygen atoms in total. The number of nitrogens with one attached hydrogen (secondary N) is 2. The minimum atomic E-state index is -0.480. The zero-order valence-corrected chi connectivity index (χ0v) is 15.1. The SMILES string of the molecule is CCC(CNC(C)c1ccc(OC)cc1)NC(=O)OC(C)(C)C. The Hall–Kier alpha value is -1.75. The molecule has 1 amide bonds. The average molecular weight is 322 g/mol. The first-order chi connectivity index (χ1) is 10.7. The van der Waals surface area contributed by atoms with Gasteiger partial charge in [-0.25, -0.2) is 4.79 Å². The Morgan fingerprint density at radius 3 is 2.30 bits per heavy atom. The van der Waals surface area contributed by atoms with Gasteiger partial charge >= 0.3 is 6.09 Å². The highest BCUT2D eigenvalue weighted by molar-refractivity contribution is 5.68. The summed E-state index contributed by atoms with van der Waals surface area (Å²) in [5, 5.41) is 6.35. The lowest BCUT2D eigenvalue weighted by molar-refractivity contribution is 0.0502. The Morgan fingerprint density at radius 1 is 1.22 bits per heavy atom. The molecule has 130 valence electrons. The number of rotatable bonds is 7. The second-order valence-corrected chi connectivity index (χ2v) is 6.65. The van der Waals surface area contributed by atoms with Gasteiger partial charge in [0.2, 0.25) is 0 Å². The average Bonchev–Trinajstić information content (AvgIpc) is 2.49. The van der Waals surface area contributed by atoms with Gasteiger partial charge in [0.15, 0.2) is 0 Å². The predicted molar refractivity (Wildman–Crippen MR) is 92.9 cm³/mol. The van der Waals surface area contributed by atoms with Gasteiger partial charge in [0.05, 0.1) is 7.11 Å². The fourth-order valence-corrected chi connectivity index (χ4v) is 2.10. The van der Waals surface area contributed by atoms with Crippen LogP contribution in [0.25, 0.3) is 0 Å². The van der Waals surface area contributed by atoms with Crippen LogP contribution in [0.15, 0.2) is 24.3 Å². The van der Waals surface area contributed by atoms with E-state index >= 15 is 0 Å². The smallest absolute Gasteiger partial charge is 0.407 e. The molecule has 1 aromatic rings. The van der Waals surface area contributed by atoms with E-state index in [9.17, 15) is 4.79 Å². The van der Waals surface area contributed by atoms with Crippen LogP contribution in [0.4, 0.5) is 4.79 Å². The van der Waals surface area contributed by atoms with Gasteiger partial charge in [-0.3, -0.25) is 0 Å². The summed E-state index contributed by atoms with van der Waals surface area (Å²) in [6, 6.07) is 8.20. The third-order valence-corrected chi connectivity index (χ3v) is 3.50. The molecule has 0 saturated carbocycles. The largest absolute Gasteiger partial charge is 0.497 e. The van der Waals surface area contributed by atoms with Crippen molar-refractivity contribution in [3.8, 4) is 5.75 Å². The number of amides is 1. The summed E-state index contributed by atoms with van der Waals surface area (Å²) in [5.74, 6) is 0.846. The second kappa shape index (κ2) is 8.77. The van der Waals surface area contributed by atoms with E-state index in [-0.39, 0.29) is 18.2 Å². The summed E-state index contributed by atoms with van der Waals surface area (Å²) in [6.45, 7) is 10.4. The van der Waals surface area contributed by atoms with Crippen LogP contribution in [-0.2, 0) is 4.74 Å².